The van der Waals surface area contributed by atoms with E-state index in [2.05, 4.69) is 45.0 Å². The number of likely N-dealkylation sites (tertiary alicyclic amines) is 1. The number of hydrogen-bond acceptors (Lipinski definition) is 4. The van der Waals surface area contributed by atoms with Gasteiger partial charge in [-0.2, -0.15) is 0 Å². The maximum absolute atomic E-state index is 5.15. The van der Waals surface area contributed by atoms with Crippen LogP contribution in [0.25, 0.3) is 0 Å². The molecule has 1 saturated heterocycles. The summed E-state index contributed by atoms with van der Waals surface area (Å²) in [6, 6.07) is 4.63. The highest BCUT2D eigenvalue weighted by Gasteiger charge is 2.19. The van der Waals surface area contributed by atoms with Crippen molar-refractivity contribution in [2.45, 2.75) is 32.4 Å². The Morgan fingerprint density at radius 2 is 2.21 bits per heavy atom. The second kappa shape index (κ2) is 12.1. The lowest BCUT2D eigenvalue weighted by Gasteiger charge is -2.32. The lowest BCUT2D eigenvalue weighted by molar-refractivity contribution is 0.176. The summed E-state index contributed by atoms with van der Waals surface area (Å²) >= 11 is 1.86. The van der Waals surface area contributed by atoms with E-state index in [0.717, 1.165) is 25.0 Å². The van der Waals surface area contributed by atoms with Gasteiger partial charge in [0.2, 0.25) is 0 Å². The van der Waals surface area contributed by atoms with Gasteiger partial charge in [-0.3, -0.25) is 9.89 Å². The van der Waals surface area contributed by atoms with Gasteiger partial charge in [-0.05, 0) is 50.2 Å². The Bertz CT molecular complexity index is 461. The number of thiophene rings is 1. The number of hydrogen-bond donors (Lipinski definition) is 2. The molecular weight excluding hydrogens is 435 g/mol. The van der Waals surface area contributed by atoms with Crippen LogP contribution >= 0.6 is 35.3 Å². The van der Waals surface area contributed by atoms with Crippen LogP contribution in [-0.2, 0) is 11.3 Å². The summed E-state index contributed by atoms with van der Waals surface area (Å²) in [6.07, 6.45) is 2.51. The maximum Gasteiger partial charge on any atom is 0.191 e. The predicted octanol–water partition coefficient (Wildman–Crippen LogP) is 2.78. The molecule has 0 aliphatic carbocycles. The SMILES string of the molecule is CN=C(NCC1CCN(Cc2cccs2)CC1)NC(C)COC.I. The van der Waals surface area contributed by atoms with Crippen LogP contribution in [0.15, 0.2) is 22.5 Å². The summed E-state index contributed by atoms with van der Waals surface area (Å²) in [7, 11) is 3.54. The fourth-order valence-corrected chi connectivity index (χ4v) is 3.68. The van der Waals surface area contributed by atoms with Crippen LogP contribution in [0, 0.1) is 5.92 Å². The van der Waals surface area contributed by atoms with E-state index in [0.29, 0.717) is 6.61 Å². The molecule has 7 heteroatoms. The highest BCUT2D eigenvalue weighted by atomic mass is 127. The first kappa shape index (κ1) is 21.7. The molecular formula is C17H31IN4OS. The van der Waals surface area contributed by atoms with Crippen molar-refractivity contribution in [3.63, 3.8) is 0 Å². The molecule has 0 radical (unpaired) electrons. The quantitative estimate of drug-likeness (QED) is 0.369. The van der Waals surface area contributed by atoms with Crippen LogP contribution in [0.1, 0.15) is 24.6 Å². The lowest BCUT2D eigenvalue weighted by atomic mass is 9.97. The Morgan fingerprint density at radius 1 is 1.46 bits per heavy atom. The van der Waals surface area contributed by atoms with E-state index >= 15 is 0 Å². The molecule has 1 aliphatic heterocycles. The third-order valence-electron chi connectivity index (χ3n) is 4.25. The smallest absolute Gasteiger partial charge is 0.191 e. The summed E-state index contributed by atoms with van der Waals surface area (Å²) in [5.74, 6) is 1.60. The molecule has 1 aliphatic rings. The van der Waals surface area contributed by atoms with Crippen molar-refractivity contribution in [2.75, 3.05) is 40.4 Å². The Kier molecular flexibility index (Phi) is 10.9. The Balaban J connectivity index is 0.00000288. The highest BCUT2D eigenvalue weighted by molar-refractivity contribution is 14.0. The molecule has 1 fully saturated rings. The van der Waals surface area contributed by atoms with E-state index in [1.165, 1.54) is 30.8 Å². The van der Waals surface area contributed by atoms with Crippen molar-refractivity contribution in [2.24, 2.45) is 10.9 Å². The molecule has 1 aromatic heterocycles. The van der Waals surface area contributed by atoms with Gasteiger partial charge in [-0.25, -0.2) is 0 Å². The molecule has 2 rings (SSSR count). The number of nitrogens with zero attached hydrogens (tertiary/aromatic N) is 2. The van der Waals surface area contributed by atoms with Crippen molar-refractivity contribution in [3.8, 4) is 0 Å². The predicted molar refractivity (Wildman–Crippen MR) is 114 cm³/mol. The first-order valence-electron chi connectivity index (χ1n) is 8.42. The largest absolute Gasteiger partial charge is 0.383 e. The molecule has 0 aromatic carbocycles. The van der Waals surface area contributed by atoms with Gasteiger partial charge in [0.15, 0.2) is 5.96 Å². The summed E-state index contributed by atoms with van der Waals surface area (Å²) in [6.45, 7) is 7.26. The standard InChI is InChI=1S/C17H30N4OS.HI/c1-14(13-22-3)20-17(18-2)19-11-15-6-8-21(9-7-15)12-16-5-4-10-23-16;/h4-5,10,14-15H,6-9,11-13H2,1-3H3,(H2,18,19,20);1H. The number of ether oxygens (including phenoxy) is 1. The first-order chi connectivity index (χ1) is 11.2. The van der Waals surface area contributed by atoms with Crippen molar-refractivity contribution in [3.05, 3.63) is 22.4 Å². The average Bonchev–Trinajstić information content (AvgIpc) is 3.06. The van der Waals surface area contributed by atoms with E-state index < -0.39 is 0 Å². The summed E-state index contributed by atoms with van der Waals surface area (Å²) in [5, 5.41) is 8.97. The van der Waals surface area contributed by atoms with E-state index in [9.17, 15) is 0 Å². The monoisotopic (exact) mass is 466 g/mol. The van der Waals surface area contributed by atoms with Gasteiger partial charge in [-0.15, -0.1) is 35.3 Å². The van der Waals surface area contributed by atoms with Crippen molar-refractivity contribution in [1.82, 2.24) is 15.5 Å². The number of rotatable bonds is 7. The van der Waals surface area contributed by atoms with Crippen LogP contribution in [0.5, 0.6) is 0 Å². The number of guanidine groups is 1. The zero-order valence-corrected chi connectivity index (χ0v) is 18.1. The number of aliphatic imine (C=N–C) groups is 1. The summed E-state index contributed by atoms with van der Waals surface area (Å²) in [4.78, 5) is 8.33. The van der Waals surface area contributed by atoms with E-state index in [4.69, 9.17) is 4.74 Å². The summed E-state index contributed by atoms with van der Waals surface area (Å²) in [5.41, 5.74) is 0. The number of nitrogens with one attached hydrogen (secondary N) is 2. The minimum absolute atomic E-state index is 0. The van der Waals surface area contributed by atoms with Crippen molar-refractivity contribution in [1.29, 1.82) is 0 Å². The molecule has 0 bridgehead atoms. The fraction of sp³-hybridized carbons (Fsp3) is 0.706. The molecule has 0 saturated carbocycles. The number of piperidine rings is 1. The zero-order valence-electron chi connectivity index (χ0n) is 15.0. The third kappa shape index (κ3) is 7.67. The van der Waals surface area contributed by atoms with Gasteiger partial charge >= 0.3 is 0 Å². The molecule has 2 N–H and O–H groups in total. The minimum Gasteiger partial charge on any atom is -0.383 e. The normalized spacial score (nSPS) is 18.0. The van der Waals surface area contributed by atoms with Crippen molar-refractivity contribution < 1.29 is 4.74 Å². The topological polar surface area (TPSA) is 48.9 Å². The van der Waals surface area contributed by atoms with Crippen LogP contribution in [0.4, 0.5) is 0 Å². The van der Waals surface area contributed by atoms with Gasteiger partial charge < -0.3 is 15.4 Å². The van der Waals surface area contributed by atoms with Crippen LogP contribution in [0.3, 0.4) is 0 Å². The van der Waals surface area contributed by atoms with Crippen LogP contribution in [0.2, 0.25) is 0 Å². The van der Waals surface area contributed by atoms with E-state index in [1.807, 2.05) is 18.4 Å². The molecule has 138 valence electrons. The molecule has 1 aromatic rings. The molecule has 1 unspecified atom stereocenters. The average molecular weight is 466 g/mol. The molecule has 0 amide bonds. The molecule has 5 nitrogen and oxygen atoms in total. The Morgan fingerprint density at radius 3 is 2.79 bits per heavy atom. The van der Waals surface area contributed by atoms with Crippen molar-refractivity contribution >= 4 is 41.3 Å². The molecule has 1 atom stereocenters. The van der Waals surface area contributed by atoms with Crippen LogP contribution in [-0.4, -0.2) is 57.3 Å². The molecule has 0 spiro atoms. The van der Waals surface area contributed by atoms with Gasteiger partial charge in [0.1, 0.15) is 0 Å². The third-order valence-corrected chi connectivity index (χ3v) is 5.11. The van der Waals surface area contributed by atoms with Gasteiger partial charge in [0.25, 0.3) is 0 Å². The molecule has 2 heterocycles. The van der Waals surface area contributed by atoms with E-state index in [1.54, 1.807) is 7.11 Å². The van der Waals surface area contributed by atoms with Gasteiger partial charge in [0, 0.05) is 38.2 Å². The van der Waals surface area contributed by atoms with Gasteiger partial charge in [-0.1, -0.05) is 6.07 Å². The number of methoxy groups -OCH3 is 1. The Hall–Kier alpha value is -0.380. The van der Waals surface area contributed by atoms with Crippen LogP contribution < -0.4 is 10.6 Å². The summed E-state index contributed by atoms with van der Waals surface area (Å²) < 4.78 is 5.15. The van der Waals surface area contributed by atoms with Gasteiger partial charge in [0.05, 0.1) is 6.61 Å². The first-order valence-corrected chi connectivity index (χ1v) is 9.30. The fourth-order valence-electron chi connectivity index (χ4n) is 2.93. The zero-order chi connectivity index (χ0) is 16.5. The minimum atomic E-state index is 0. The lowest BCUT2D eigenvalue weighted by Crippen LogP contribution is -2.46. The molecule has 24 heavy (non-hydrogen) atoms. The Labute approximate surface area is 167 Å². The highest BCUT2D eigenvalue weighted by Crippen LogP contribution is 2.20. The van der Waals surface area contributed by atoms with E-state index in [-0.39, 0.29) is 30.0 Å². The second-order valence-corrected chi connectivity index (χ2v) is 7.28. The number of halogens is 1. The second-order valence-electron chi connectivity index (χ2n) is 6.25. The maximum atomic E-state index is 5.15.